The first-order chi connectivity index (χ1) is 10.3. The van der Waals surface area contributed by atoms with Crippen molar-refractivity contribution < 1.29 is 9.84 Å². The summed E-state index contributed by atoms with van der Waals surface area (Å²) < 4.78 is 6.02. The molecule has 1 heterocycles. The second kappa shape index (κ2) is 12.2. The fraction of sp³-hybridized carbons (Fsp3) is 0.895. The molecule has 1 fully saturated rings. The molecule has 3 atom stereocenters. The molecule has 21 heavy (non-hydrogen) atoms. The first kappa shape index (κ1) is 18.7. The molecule has 0 unspecified atom stereocenters. The lowest BCUT2D eigenvalue weighted by atomic mass is 10.0. The second-order valence-electron chi connectivity index (χ2n) is 6.58. The number of hydrogen-bond acceptors (Lipinski definition) is 2. The molecule has 1 aliphatic heterocycles. The van der Waals surface area contributed by atoms with E-state index in [1.807, 2.05) is 6.08 Å². The summed E-state index contributed by atoms with van der Waals surface area (Å²) in [6, 6.07) is 0. The number of aliphatic hydroxyl groups excluding tert-OH is 1. The first-order valence-electron chi connectivity index (χ1n) is 9.22. The zero-order valence-electron chi connectivity index (χ0n) is 14.1. The fourth-order valence-electron chi connectivity index (χ4n) is 3.22. The Morgan fingerprint density at radius 1 is 1.00 bits per heavy atom. The number of ether oxygens (including phenoxy) is 1. The molecule has 0 spiro atoms. The van der Waals surface area contributed by atoms with Gasteiger partial charge in [-0.2, -0.15) is 0 Å². The molecule has 1 aliphatic rings. The van der Waals surface area contributed by atoms with Gasteiger partial charge in [0, 0.05) is 6.42 Å². The normalized spacial score (nSPS) is 25.3. The van der Waals surface area contributed by atoms with Crippen molar-refractivity contribution in [3.05, 3.63) is 12.7 Å². The van der Waals surface area contributed by atoms with Crippen LogP contribution >= 0.6 is 0 Å². The van der Waals surface area contributed by atoms with Crippen molar-refractivity contribution in [2.45, 2.75) is 109 Å². The molecule has 2 nitrogen and oxygen atoms in total. The molecule has 0 amide bonds. The molecular weight excluding hydrogens is 260 g/mol. The minimum absolute atomic E-state index is 0.112. The lowest BCUT2D eigenvalue weighted by Gasteiger charge is -2.14. The van der Waals surface area contributed by atoms with E-state index in [9.17, 15) is 5.11 Å². The van der Waals surface area contributed by atoms with Crippen LogP contribution in [0.25, 0.3) is 0 Å². The summed E-state index contributed by atoms with van der Waals surface area (Å²) in [7, 11) is 0. The average Bonchev–Trinajstić information content (AvgIpc) is 2.82. The molecule has 2 heteroatoms. The molecule has 1 N–H and O–H groups in total. The largest absolute Gasteiger partial charge is 0.390 e. The summed E-state index contributed by atoms with van der Waals surface area (Å²) in [5.41, 5.74) is 0. The zero-order chi connectivity index (χ0) is 15.3. The summed E-state index contributed by atoms with van der Waals surface area (Å²) in [4.78, 5) is 0. The highest BCUT2D eigenvalue weighted by Gasteiger charge is 2.32. The molecule has 0 aliphatic carbocycles. The number of hydrogen-bond donors (Lipinski definition) is 1. The third-order valence-corrected chi connectivity index (χ3v) is 4.58. The Morgan fingerprint density at radius 3 is 2.38 bits per heavy atom. The Morgan fingerprint density at radius 2 is 1.67 bits per heavy atom. The van der Waals surface area contributed by atoms with E-state index in [0.717, 1.165) is 25.7 Å². The Kier molecular flexibility index (Phi) is 10.9. The Balaban J connectivity index is 1.97. The van der Waals surface area contributed by atoms with Crippen molar-refractivity contribution in [1.29, 1.82) is 0 Å². The van der Waals surface area contributed by atoms with Crippen LogP contribution in [-0.2, 0) is 4.74 Å². The molecule has 0 aromatic rings. The van der Waals surface area contributed by atoms with Gasteiger partial charge >= 0.3 is 0 Å². The van der Waals surface area contributed by atoms with Gasteiger partial charge < -0.3 is 9.84 Å². The third-order valence-electron chi connectivity index (χ3n) is 4.58. The van der Waals surface area contributed by atoms with Crippen LogP contribution in [-0.4, -0.2) is 23.4 Å². The molecule has 0 radical (unpaired) electrons. The minimum atomic E-state index is -0.217. The van der Waals surface area contributed by atoms with Crippen molar-refractivity contribution in [2.24, 2.45) is 0 Å². The molecule has 0 bridgehead atoms. The predicted octanol–water partition coefficient (Wildman–Crippen LogP) is 5.39. The van der Waals surface area contributed by atoms with Gasteiger partial charge in [-0.1, -0.05) is 64.4 Å². The molecule has 0 aromatic heterocycles. The van der Waals surface area contributed by atoms with Gasteiger partial charge in [0.15, 0.2) is 0 Å². The van der Waals surface area contributed by atoms with Crippen LogP contribution in [0.4, 0.5) is 0 Å². The number of rotatable bonds is 13. The second-order valence-corrected chi connectivity index (χ2v) is 6.58. The van der Waals surface area contributed by atoms with Gasteiger partial charge in [0.1, 0.15) is 0 Å². The summed E-state index contributed by atoms with van der Waals surface area (Å²) in [6.45, 7) is 5.97. The van der Waals surface area contributed by atoms with Gasteiger partial charge in [-0.05, 0) is 25.7 Å². The lowest BCUT2D eigenvalue weighted by Crippen LogP contribution is -2.20. The Hall–Kier alpha value is -0.340. The zero-order valence-corrected chi connectivity index (χ0v) is 14.1. The minimum Gasteiger partial charge on any atom is -0.390 e. The van der Waals surface area contributed by atoms with E-state index in [0.29, 0.717) is 6.10 Å². The quantitative estimate of drug-likeness (QED) is 0.364. The van der Waals surface area contributed by atoms with E-state index in [1.165, 1.54) is 57.8 Å². The number of allylic oxidation sites excluding steroid dienone is 1. The molecular formula is C19H36O2. The van der Waals surface area contributed by atoms with Crippen molar-refractivity contribution in [1.82, 2.24) is 0 Å². The van der Waals surface area contributed by atoms with Crippen LogP contribution in [0.3, 0.4) is 0 Å². The first-order valence-corrected chi connectivity index (χ1v) is 9.22. The van der Waals surface area contributed by atoms with Gasteiger partial charge in [0.05, 0.1) is 18.3 Å². The van der Waals surface area contributed by atoms with Gasteiger partial charge in [0.2, 0.25) is 0 Å². The van der Waals surface area contributed by atoms with Crippen LogP contribution in [0.15, 0.2) is 12.7 Å². The monoisotopic (exact) mass is 296 g/mol. The molecule has 0 saturated carbocycles. The van der Waals surface area contributed by atoms with E-state index in [1.54, 1.807) is 0 Å². The average molecular weight is 296 g/mol. The van der Waals surface area contributed by atoms with E-state index in [2.05, 4.69) is 13.5 Å². The molecule has 1 saturated heterocycles. The summed E-state index contributed by atoms with van der Waals surface area (Å²) in [5, 5.41) is 10.0. The van der Waals surface area contributed by atoms with Crippen LogP contribution in [0.1, 0.15) is 90.4 Å². The smallest absolute Gasteiger partial charge is 0.0838 e. The van der Waals surface area contributed by atoms with E-state index in [4.69, 9.17) is 4.74 Å². The van der Waals surface area contributed by atoms with Crippen molar-refractivity contribution in [3.8, 4) is 0 Å². The van der Waals surface area contributed by atoms with Gasteiger partial charge in [0.25, 0.3) is 0 Å². The van der Waals surface area contributed by atoms with Crippen LogP contribution in [0, 0.1) is 0 Å². The fourth-order valence-corrected chi connectivity index (χ4v) is 3.22. The SMILES string of the molecule is C=CCCCCCCCC[C@@H]1C[C@H](O)[C@H](CCCCC)O1. The van der Waals surface area contributed by atoms with Crippen molar-refractivity contribution in [2.75, 3.05) is 0 Å². The predicted molar refractivity (Wildman–Crippen MR) is 90.6 cm³/mol. The van der Waals surface area contributed by atoms with E-state index >= 15 is 0 Å². The highest BCUT2D eigenvalue weighted by molar-refractivity contribution is 4.82. The maximum Gasteiger partial charge on any atom is 0.0838 e. The van der Waals surface area contributed by atoms with Crippen LogP contribution in [0.2, 0.25) is 0 Å². The Bertz CT molecular complexity index is 252. The highest BCUT2D eigenvalue weighted by atomic mass is 16.5. The van der Waals surface area contributed by atoms with Crippen LogP contribution < -0.4 is 0 Å². The maximum atomic E-state index is 10.0. The standard InChI is InChI=1S/C19H36O2/c1-3-5-7-8-9-10-11-13-14-17-16-18(20)19(21-17)15-12-6-4-2/h3,17-20H,1,4-16H2,2H3/t17-,18+,19+/m1/s1. The van der Waals surface area contributed by atoms with Crippen LogP contribution in [0.5, 0.6) is 0 Å². The Labute approximate surface area is 132 Å². The van der Waals surface area contributed by atoms with E-state index in [-0.39, 0.29) is 12.2 Å². The number of aliphatic hydroxyl groups is 1. The maximum absolute atomic E-state index is 10.0. The topological polar surface area (TPSA) is 29.5 Å². The third kappa shape index (κ3) is 8.63. The van der Waals surface area contributed by atoms with Crippen molar-refractivity contribution in [3.63, 3.8) is 0 Å². The number of unbranched alkanes of at least 4 members (excludes halogenated alkanes) is 8. The molecule has 124 valence electrons. The van der Waals surface area contributed by atoms with Crippen molar-refractivity contribution >= 4 is 0 Å². The van der Waals surface area contributed by atoms with Gasteiger partial charge in [-0.25, -0.2) is 0 Å². The van der Waals surface area contributed by atoms with E-state index < -0.39 is 0 Å². The van der Waals surface area contributed by atoms with Gasteiger partial charge in [-0.3, -0.25) is 0 Å². The molecule has 1 rings (SSSR count). The summed E-state index contributed by atoms with van der Waals surface area (Å²) >= 11 is 0. The summed E-state index contributed by atoms with van der Waals surface area (Å²) in [6.07, 6.45) is 18.0. The summed E-state index contributed by atoms with van der Waals surface area (Å²) in [5.74, 6) is 0. The highest BCUT2D eigenvalue weighted by Crippen LogP contribution is 2.27. The molecule has 0 aromatic carbocycles. The van der Waals surface area contributed by atoms with Gasteiger partial charge in [-0.15, -0.1) is 6.58 Å². The lowest BCUT2D eigenvalue weighted by molar-refractivity contribution is 0.00104.